The molecule has 2 heteroatoms. The Balaban J connectivity index is 1.57. The number of benzene rings is 4. The lowest BCUT2D eigenvalue weighted by Gasteiger charge is -2.18. The van der Waals surface area contributed by atoms with Gasteiger partial charge >= 0.3 is 0 Å². The lowest BCUT2D eigenvalue weighted by molar-refractivity contribution is 0.490. The highest BCUT2D eigenvalue weighted by atomic mass is 32.1. The van der Waals surface area contributed by atoms with E-state index >= 15 is 0 Å². The average Bonchev–Trinajstić information content (AvgIpc) is 3.40. The molecule has 0 aliphatic carbocycles. The third kappa shape index (κ3) is 3.35. The zero-order valence-electron chi connectivity index (χ0n) is 19.6. The van der Waals surface area contributed by atoms with Gasteiger partial charge in [0.2, 0.25) is 0 Å². The molecular formula is C31H31NS. The van der Waals surface area contributed by atoms with Crippen LogP contribution >= 0.6 is 11.3 Å². The Bertz CT molecular complexity index is 1600. The molecule has 4 aromatic carbocycles. The van der Waals surface area contributed by atoms with Gasteiger partial charge in [-0.15, -0.1) is 11.3 Å². The summed E-state index contributed by atoms with van der Waals surface area (Å²) in [6, 6.07) is 27.7. The second-order valence-corrected chi connectivity index (χ2v) is 10.6. The number of hydrogen-bond acceptors (Lipinski definition) is 1. The molecule has 0 aliphatic heterocycles. The molecule has 0 amide bonds. The summed E-state index contributed by atoms with van der Waals surface area (Å²) in [4.78, 5) is 0. The molecule has 0 saturated heterocycles. The van der Waals surface area contributed by atoms with Crippen LogP contribution in [0.5, 0.6) is 0 Å². The van der Waals surface area contributed by atoms with Crippen molar-refractivity contribution in [2.45, 2.75) is 58.4 Å². The molecule has 1 nitrogen and oxygen atoms in total. The van der Waals surface area contributed by atoms with Crippen molar-refractivity contribution in [3.05, 3.63) is 72.8 Å². The smallest absolute Gasteiger partial charge is 0.0574 e. The number of aromatic nitrogens is 1. The van der Waals surface area contributed by atoms with Crippen molar-refractivity contribution in [1.82, 2.24) is 4.57 Å². The summed E-state index contributed by atoms with van der Waals surface area (Å²) in [5.41, 5.74) is 2.78. The van der Waals surface area contributed by atoms with Crippen molar-refractivity contribution in [2.75, 3.05) is 0 Å². The Hall–Kier alpha value is -2.84. The van der Waals surface area contributed by atoms with Gasteiger partial charge in [0.25, 0.3) is 0 Å². The summed E-state index contributed by atoms with van der Waals surface area (Å²) < 4.78 is 5.44. The van der Waals surface area contributed by atoms with E-state index in [-0.39, 0.29) is 0 Å². The van der Waals surface area contributed by atoms with Gasteiger partial charge in [0, 0.05) is 53.3 Å². The molecule has 0 aliphatic rings. The van der Waals surface area contributed by atoms with Gasteiger partial charge in [0.1, 0.15) is 0 Å². The molecule has 2 aromatic heterocycles. The van der Waals surface area contributed by atoms with Gasteiger partial charge in [-0.1, -0.05) is 99.7 Å². The lowest BCUT2D eigenvalue weighted by atomic mass is 10.0. The normalized spacial score (nSPS) is 13.2. The third-order valence-electron chi connectivity index (χ3n) is 7.37. The zero-order chi connectivity index (χ0) is 22.4. The van der Waals surface area contributed by atoms with Crippen LogP contribution in [0, 0.1) is 0 Å². The summed E-state index contributed by atoms with van der Waals surface area (Å²) in [6.07, 6.45) is 7.92. The van der Waals surface area contributed by atoms with Crippen LogP contribution in [0.3, 0.4) is 0 Å². The zero-order valence-corrected chi connectivity index (χ0v) is 20.4. The van der Waals surface area contributed by atoms with Gasteiger partial charge in [-0.3, -0.25) is 0 Å². The number of nitrogens with zero attached hydrogens (tertiary/aromatic N) is 1. The molecule has 1 unspecified atom stereocenters. The largest absolute Gasteiger partial charge is 0.337 e. The highest BCUT2D eigenvalue weighted by Gasteiger charge is 2.18. The van der Waals surface area contributed by atoms with E-state index in [2.05, 4.69) is 91.2 Å². The minimum absolute atomic E-state index is 0.484. The number of unbranched alkanes of at least 4 members (excludes halogenated alkanes) is 4. The first-order valence-corrected chi connectivity index (χ1v) is 13.3. The second-order valence-electron chi connectivity index (χ2n) is 9.54. The SMILES string of the molecule is CCCCCCCC(C)n1c2ccccc2c2ccc3c(ccc4c5ccccc5sc43)c21. The first-order chi connectivity index (χ1) is 16.3. The van der Waals surface area contributed by atoms with Gasteiger partial charge in [-0.25, -0.2) is 0 Å². The van der Waals surface area contributed by atoms with E-state index in [1.165, 1.54) is 91.3 Å². The minimum atomic E-state index is 0.484. The highest BCUT2D eigenvalue weighted by Crippen LogP contribution is 2.43. The van der Waals surface area contributed by atoms with Crippen molar-refractivity contribution in [2.24, 2.45) is 0 Å². The fourth-order valence-electron chi connectivity index (χ4n) is 5.71. The summed E-state index contributed by atoms with van der Waals surface area (Å²) in [6.45, 7) is 4.71. The summed E-state index contributed by atoms with van der Waals surface area (Å²) in [7, 11) is 0. The van der Waals surface area contributed by atoms with Crippen LogP contribution < -0.4 is 0 Å². The van der Waals surface area contributed by atoms with Gasteiger partial charge < -0.3 is 4.57 Å². The Morgan fingerprint density at radius 3 is 2.12 bits per heavy atom. The fraction of sp³-hybridized carbons (Fsp3) is 0.290. The molecule has 6 rings (SSSR count). The summed E-state index contributed by atoms with van der Waals surface area (Å²) in [5, 5.41) is 8.30. The molecule has 0 N–H and O–H groups in total. The van der Waals surface area contributed by atoms with Crippen LogP contribution in [0.25, 0.3) is 52.8 Å². The Morgan fingerprint density at radius 2 is 1.30 bits per heavy atom. The monoisotopic (exact) mass is 449 g/mol. The fourth-order valence-corrected chi connectivity index (χ4v) is 6.94. The van der Waals surface area contributed by atoms with Crippen LogP contribution in [-0.4, -0.2) is 4.57 Å². The minimum Gasteiger partial charge on any atom is -0.337 e. The second kappa shape index (κ2) is 8.50. The molecule has 2 heterocycles. The van der Waals surface area contributed by atoms with Crippen molar-refractivity contribution >= 4 is 64.1 Å². The van der Waals surface area contributed by atoms with E-state index in [1.54, 1.807) is 0 Å². The summed E-state index contributed by atoms with van der Waals surface area (Å²) >= 11 is 1.93. The quantitative estimate of drug-likeness (QED) is 0.214. The van der Waals surface area contributed by atoms with Gasteiger partial charge in [-0.2, -0.15) is 0 Å². The van der Waals surface area contributed by atoms with E-state index < -0.39 is 0 Å². The molecule has 0 saturated carbocycles. The van der Waals surface area contributed by atoms with E-state index in [4.69, 9.17) is 0 Å². The number of thiophene rings is 1. The van der Waals surface area contributed by atoms with E-state index in [0.29, 0.717) is 6.04 Å². The van der Waals surface area contributed by atoms with Crippen molar-refractivity contribution in [3.63, 3.8) is 0 Å². The predicted octanol–water partition coefficient (Wildman–Crippen LogP) is 10.2. The van der Waals surface area contributed by atoms with E-state index in [1.807, 2.05) is 11.3 Å². The average molecular weight is 450 g/mol. The number of rotatable bonds is 7. The maximum Gasteiger partial charge on any atom is 0.0574 e. The standard InChI is InChI=1S/C31H31NS/c1-3-4-5-6-7-12-21(2)32-28-15-10-8-13-22(28)24-17-20-27-25(30(24)32)18-19-26-23-14-9-11-16-29(23)33-31(26)27/h8-11,13-21H,3-7,12H2,1-2H3. The van der Waals surface area contributed by atoms with Crippen molar-refractivity contribution in [1.29, 1.82) is 0 Å². The maximum absolute atomic E-state index is 2.64. The molecule has 0 radical (unpaired) electrons. The first kappa shape index (κ1) is 20.7. The third-order valence-corrected chi connectivity index (χ3v) is 8.59. The van der Waals surface area contributed by atoms with Crippen LogP contribution in [-0.2, 0) is 0 Å². The molecule has 1 atom stereocenters. The summed E-state index contributed by atoms with van der Waals surface area (Å²) in [5.74, 6) is 0. The number of fused-ring (bicyclic) bond motifs is 9. The van der Waals surface area contributed by atoms with Gasteiger partial charge in [0.15, 0.2) is 0 Å². The predicted molar refractivity (Wildman–Crippen MR) is 148 cm³/mol. The molecule has 0 fully saturated rings. The molecule has 0 bridgehead atoms. The topological polar surface area (TPSA) is 4.93 Å². The Kier molecular flexibility index (Phi) is 5.34. The van der Waals surface area contributed by atoms with Crippen molar-refractivity contribution in [3.8, 4) is 0 Å². The van der Waals surface area contributed by atoms with Crippen LogP contribution in [0.4, 0.5) is 0 Å². The lowest BCUT2D eigenvalue weighted by Crippen LogP contribution is -2.05. The van der Waals surface area contributed by atoms with E-state index in [0.717, 1.165) is 0 Å². The van der Waals surface area contributed by atoms with Crippen LogP contribution in [0.15, 0.2) is 72.8 Å². The maximum atomic E-state index is 2.64. The highest BCUT2D eigenvalue weighted by molar-refractivity contribution is 7.26. The number of hydrogen-bond donors (Lipinski definition) is 0. The molecular weight excluding hydrogens is 418 g/mol. The van der Waals surface area contributed by atoms with Gasteiger partial charge in [-0.05, 0) is 25.5 Å². The van der Waals surface area contributed by atoms with Crippen LogP contribution in [0.1, 0.15) is 58.4 Å². The molecule has 166 valence electrons. The Labute approximate surface area is 199 Å². The molecule has 6 aromatic rings. The Morgan fingerprint density at radius 1 is 0.667 bits per heavy atom. The van der Waals surface area contributed by atoms with Crippen molar-refractivity contribution < 1.29 is 0 Å². The van der Waals surface area contributed by atoms with Gasteiger partial charge in [0.05, 0.1) is 5.52 Å². The first-order valence-electron chi connectivity index (χ1n) is 12.5. The van der Waals surface area contributed by atoms with E-state index in [9.17, 15) is 0 Å². The van der Waals surface area contributed by atoms with Crippen LogP contribution in [0.2, 0.25) is 0 Å². The molecule has 0 spiro atoms. The number of para-hydroxylation sites is 1. The molecule has 33 heavy (non-hydrogen) atoms.